The van der Waals surface area contributed by atoms with Crippen molar-refractivity contribution in [3.8, 4) is 6.07 Å². The molecule has 0 amide bonds. The number of nitriles is 1. The number of piperazine rings is 1. The van der Waals surface area contributed by atoms with Gasteiger partial charge in [-0.2, -0.15) is 5.26 Å². The van der Waals surface area contributed by atoms with Crippen molar-refractivity contribution in [2.45, 2.75) is 19.4 Å². The van der Waals surface area contributed by atoms with E-state index >= 15 is 0 Å². The van der Waals surface area contributed by atoms with Crippen LogP contribution in [0.1, 0.15) is 30.5 Å². The van der Waals surface area contributed by atoms with E-state index in [2.05, 4.69) is 35.9 Å². The smallest absolute Gasteiger partial charge is 0.0991 e. The Hall–Kier alpha value is -1.05. The lowest BCUT2D eigenvalue weighted by Gasteiger charge is -2.35. The Morgan fingerprint density at radius 1 is 1.38 bits per heavy atom. The number of halogens is 2. The quantitative estimate of drug-likeness (QED) is 0.862. The van der Waals surface area contributed by atoms with E-state index in [1.807, 2.05) is 18.2 Å². The van der Waals surface area contributed by atoms with E-state index in [9.17, 15) is 0 Å². The summed E-state index contributed by atoms with van der Waals surface area (Å²) in [6, 6.07) is 10.5. The van der Waals surface area contributed by atoms with Crippen molar-refractivity contribution in [2.24, 2.45) is 0 Å². The first-order valence-corrected chi connectivity index (χ1v) is 6.80. The Morgan fingerprint density at radius 3 is 2.62 bits per heavy atom. The SMILES string of the molecule is C=C(C)C[C@@H](c1cccc(C#N)c1)N1CCNCC1.Cl.Cl. The van der Waals surface area contributed by atoms with Crippen LogP contribution in [-0.2, 0) is 0 Å². The maximum absolute atomic E-state index is 9.04. The topological polar surface area (TPSA) is 39.1 Å². The highest BCUT2D eigenvalue weighted by atomic mass is 35.5. The van der Waals surface area contributed by atoms with E-state index in [1.54, 1.807) is 0 Å². The molecule has 1 N–H and O–H groups in total. The van der Waals surface area contributed by atoms with Gasteiger partial charge in [0.1, 0.15) is 0 Å². The van der Waals surface area contributed by atoms with Gasteiger partial charge in [-0.05, 0) is 31.0 Å². The zero-order valence-corrected chi connectivity index (χ0v) is 14.0. The number of hydrogen-bond donors (Lipinski definition) is 1. The van der Waals surface area contributed by atoms with Crippen LogP contribution in [0, 0.1) is 11.3 Å². The van der Waals surface area contributed by atoms with Crippen LogP contribution in [0.5, 0.6) is 0 Å². The fraction of sp³-hybridized carbons (Fsp3) is 0.438. The summed E-state index contributed by atoms with van der Waals surface area (Å²) in [4.78, 5) is 2.49. The average Bonchev–Trinajstić information content (AvgIpc) is 2.45. The van der Waals surface area contributed by atoms with E-state index in [0.29, 0.717) is 6.04 Å². The van der Waals surface area contributed by atoms with E-state index < -0.39 is 0 Å². The molecule has 116 valence electrons. The fourth-order valence-corrected chi connectivity index (χ4v) is 2.60. The third kappa shape index (κ3) is 5.68. The normalized spacial score (nSPS) is 16.0. The summed E-state index contributed by atoms with van der Waals surface area (Å²) in [5, 5.41) is 12.4. The van der Waals surface area contributed by atoms with Crippen molar-refractivity contribution in [2.75, 3.05) is 26.2 Å². The second-order valence-electron chi connectivity index (χ2n) is 5.20. The first kappa shape index (κ1) is 19.9. The maximum Gasteiger partial charge on any atom is 0.0991 e. The Kier molecular flexibility index (Phi) is 9.32. The Balaban J connectivity index is 0.00000200. The minimum absolute atomic E-state index is 0. The summed E-state index contributed by atoms with van der Waals surface area (Å²) >= 11 is 0. The van der Waals surface area contributed by atoms with Crippen LogP contribution in [0.15, 0.2) is 36.4 Å². The molecule has 5 heteroatoms. The van der Waals surface area contributed by atoms with Gasteiger partial charge in [-0.25, -0.2) is 0 Å². The number of benzene rings is 1. The van der Waals surface area contributed by atoms with Gasteiger partial charge < -0.3 is 5.32 Å². The number of hydrogen-bond acceptors (Lipinski definition) is 3. The zero-order valence-electron chi connectivity index (χ0n) is 12.3. The highest BCUT2D eigenvalue weighted by Gasteiger charge is 2.22. The molecular formula is C16H23Cl2N3. The molecule has 1 fully saturated rings. The van der Waals surface area contributed by atoms with Gasteiger partial charge in [-0.15, -0.1) is 31.4 Å². The average molecular weight is 328 g/mol. The van der Waals surface area contributed by atoms with Gasteiger partial charge in [0.2, 0.25) is 0 Å². The van der Waals surface area contributed by atoms with E-state index in [1.165, 1.54) is 11.1 Å². The monoisotopic (exact) mass is 327 g/mol. The van der Waals surface area contributed by atoms with Gasteiger partial charge in [0.25, 0.3) is 0 Å². The van der Waals surface area contributed by atoms with Gasteiger partial charge in [0.15, 0.2) is 0 Å². The van der Waals surface area contributed by atoms with Crippen molar-refractivity contribution in [1.82, 2.24) is 10.2 Å². The summed E-state index contributed by atoms with van der Waals surface area (Å²) in [5.74, 6) is 0. The third-order valence-electron chi connectivity index (χ3n) is 3.53. The lowest BCUT2D eigenvalue weighted by atomic mass is 9.96. The zero-order chi connectivity index (χ0) is 13.7. The number of rotatable bonds is 4. The van der Waals surface area contributed by atoms with E-state index in [0.717, 1.165) is 38.2 Å². The Bertz CT molecular complexity index is 491. The molecule has 0 spiro atoms. The second kappa shape index (κ2) is 9.81. The van der Waals surface area contributed by atoms with Crippen LogP contribution >= 0.6 is 24.8 Å². The van der Waals surface area contributed by atoms with Crippen LogP contribution < -0.4 is 5.32 Å². The van der Waals surface area contributed by atoms with E-state index in [-0.39, 0.29) is 24.8 Å². The van der Waals surface area contributed by atoms with Gasteiger partial charge in [-0.1, -0.05) is 17.7 Å². The summed E-state index contributed by atoms with van der Waals surface area (Å²) in [6.07, 6.45) is 0.953. The Morgan fingerprint density at radius 2 is 2.05 bits per heavy atom. The van der Waals surface area contributed by atoms with Crippen LogP contribution in [0.4, 0.5) is 0 Å². The molecule has 1 aliphatic rings. The molecule has 0 radical (unpaired) electrons. The van der Waals surface area contributed by atoms with E-state index in [4.69, 9.17) is 5.26 Å². The third-order valence-corrected chi connectivity index (χ3v) is 3.53. The molecule has 1 aromatic carbocycles. The van der Waals surface area contributed by atoms with Crippen molar-refractivity contribution in [1.29, 1.82) is 5.26 Å². The molecule has 1 atom stereocenters. The molecule has 1 heterocycles. The summed E-state index contributed by atoms with van der Waals surface area (Å²) < 4.78 is 0. The Labute approximate surface area is 139 Å². The lowest BCUT2D eigenvalue weighted by Crippen LogP contribution is -2.45. The van der Waals surface area contributed by atoms with Crippen molar-refractivity contribution >= 4 is 24.8 Å². The minimum atomic E-state index is 0. The van der Waals surface area contributed by atoms with Gasteiger partial charge >= 0.3 is 0 Å². The number of nitrogens with one attached hydrogen (secondary N) is 1. The number of nitrogens with zero attached hydrogens (tertiary/aromatic N) is 2. The van der Waals surface area contributed by atoms with Gasteiger partial charge in [0.05, 0.1) is 11.6 Å². The van der Waals surface area contributed by atoms with Gasteiger partial charge in [0, 0.05) is 32.2 Å². The largest absolute Gasteiger partial charge is 0.314 e. The molecule has 0 bridgehead atoms. The molecule has 1 aliphatic heterocycles. The maximum atomic E-state index is 9.04. The fourth-order valence-electron chi connectivity index (χ4n) is 2.60. The van der Waals surface area contributed by atoms with Crippen molar-refractivity contribution in [3.05, 3.63) is 47.5 Å². The highest BCUT2D eigenvalue weighted by Crippen LogP contribution is 2.27. The lowest BCUT2D eigenvalue weighted by molar-refractivity contribution is 0.172. The summed E-state index contributed by atoms with van der Waals surface area (Å²) in [6.45, 7) is 10.3. The molecule has 2 rings (SSSR count). The molecule has 3 nitrogen and oxygen atoms in total. The van der Waals surface area contributed by atoms with Crippen LogP contribution in [0.2, 0.25) is 0 Å². The van der Waals surface area contributed by atoms with Crippen molar-refractivity contribution in [3.63, 3.8) is 0 Å². The summed E-state index contributed by atoms with van der Waals surface area (Å²) in [7, 11) is 0. The molecular weight excluding hydrogens is 305 g/mol. The van der Waals surface area contributed by atoms with Crippen LogP contribution in [0.3, 0.4) is 0 Å². The molecule has 1 saturated heterocycles. The van der Waals surface area contributed by atoms with Crippen LogP contribution in [-0.4, -0.2) is 31.1 Å². The predicted molar refractivity (Wildman–Crippen MR) is 92.3 cm³/mol. The molecule has 0 aromatic heterocycles. The molecule has 0 unspecified atom stereocenters. The molecule has 0 aliphatic carbocycles. The van der Waals surface area contributed by atoms with Crippen LogP contribution in [0.25, 0.3) is 0 Å². The molecule has 1 aromatic rings. The first-order valence-electron chi connectivity index (χ1n) is 6.80. The standard InChI is InChI=1S/C16H21N3.2ClH/c1-13(2)10-16(19-8-6-18-7-9-19)15-5-3-4-14(11-15)12-17;;/h3-5,11,16,18H,1,6-10H2,2H3;2*1H/t16-;;/m0../s1. The van der Waals surface area contributed by atoms with Gasteiger partial charge in [-0.3, -0.25) is 4.90 Å². The van der Waals surface area contributed by atoms with Crippen molar-refractivity contribution < 1.29 is 0 Å². The first-order chi connectivity index (χ1) is 9.20. The molecule has 0 saturated carbocycles. The molecule has 21 heavy (non-hydrogen) atoms. The summed E-state index contributed by atoms with van der Waals surface area (Å²) in [5.41, 5.74) is 3.15. The minimum Gasteiger partial charge on any atom is -0.314 e. The highest BCUT2D eigenvalue weighted by molar-refractivity contribution is 5.85. The second-order valence-corrected chi connectivity index (χ2v) is 5.20. The predicted octanol–water partition coefficient (Wildman–Crippen LogP) is 3.31.